The topological polar surface area (TPSA) is 79.2 Å². The average molecular weight is 373 g/mol. The highest BCUT2D eigenvalue weighted by molar-refractivity contribution is 7.89. The van der Waals surface area contributed by atoms with Gasteiger partial charge in [-0.1, -0.05) is 25.1 Å². The van der Waals surface area contributed by atoms with Crippen molar-refractivity contribution in [2.45, 2.75) is 51.5 Å². The van der Waals surface area contributed by atoms with Crippen molar-refractivity contribution in [2.24, 2.45) is 0 Å². The van der Waals surface area contributed by atoms with Gasteiger partial charge in [0.15, 0.2) is 5.76 Å². The van der Waals surface area contributed by atoms with E-state index in [-0.39, 0.29) is 4.90 Å². The number of sulfonamides is 1. The summed E-state index contributed by atoms with van der Waals surface area (Å²) in [4.78, 5) is 3.66. The largest absolute Gasteiger partial charge is 0.360 e. The summed E-state index contributed by atoms with van der Waals surface area (Å²) in [6.45, 7) is 8.44. The molecular weight excluding hydrogens is 350 g/mol. The molecular formula is C19H23N3O3S. The number of rotatable bonds is 3. The first-order valence-electron chi connectivity index (χ1n) is 8.85. The van der Waals surface area contributed by atoms with Crippen LogP contribution in [0.5, 0.6) is 0 Å². The number of hydrogen-bond donors (Lipinski definition) is 1. The lowest BCUT2D eigenvalue weighted by atomic mass is 9.99. The molecule has 3 heterocycles. The molecule has 0 saturated heterocycles. The molecule has 0 aliphatic carbocycles. The lowest BCUT2D eigenvalue weighted by Gasteiger charge is -2.26. The quantitative estimate of drug-likeness (QED) is 0.760. The summed E-state index contributed by atoms with van der Waals surface area (Å²) in [6, 6.07) is 6.41. The van der Waals surface area contributed by atoms with Crippen LogP contribution in [0.25, 0.3) is 10.9 Å². The number of aryl methyl sites for hydroxylation is 2. The second-order valence-electron chi connectivity index (χ2n) is 7.28. The lowest BCUT2D eigenvalue weighted by Crippen LogP contribution is -2.36. The fourth-order valence-corrected chi connectivity index (χ4v) is 5.44. The van der Waals surface area contributed by atoms with E-state index in [0.29, 0.717) is 36.9 Å². The van der Waals surface area contributed by atoms with E-state index >= 15 is 0 Å². The molecule has 0 amide bonds. The minimum atomic E-state index is -3.63. The first-order chi connectivity index (χ1) is 12.3. The van der Waals surface area contributed by atoms with Crippen LogP contribution in [0.15, 0.2) is 27.6 Å². The Morgan fingerprint density at radius 3 is 2.69 bits per heavy atom. The highest BCUT2D eigenvalue weighted by atomic mass is 32.2. The van der Waals surface area contributed by atoms with Gasteiger partial charge < -0.3 is 9.51 Å². The van der Waals surface area contributed by atoms with E-state index in [1.807, 2.05) is 0 Å². The monoisotopic (exact) mass is 373 g/mol. The molecule has 1 aliphatic rings. The molecule has 2 aromatic heterocycles. The maximum atomic E-state index is 13.1. The standard InChI is InChI=1S/C19H23N3O3S/c1-11(2)14-5-6-17-15(9-14)16-10-22(8-7-18(16)20-17)26(23,24)19-12(3)21-25-13(19)4/h5-6,9,11,20H,7-8,10H2,1-4H3. The zero-order valence-corrected chi connectivity index (χ0v) is 16.3. The van der Waals surface area contributed by atoms with Gasteiger partial charge in [-0.3, -0.25) is 0 Å². The number of nitrogens with one attached hydrogen (secondary N) is 1. The van der Waals surface area contributed by atoms with E-state index in [4.69, 9.17) is 4.52 Å². The summed E-state index contributed by atoms with van der Waals surface area (Å²) in [6.07, 6.45) is 0.670. The van der Waals surface area contributed by atoms with Crippen molar-refractivity contribution in [1.29, 1.82) is 0 Å². The van der Waals surface area contributed by atoms with Crippen molar-refractivity contribution < 1.29 is 12.9 Å². The predicted octanol–water partition coefficient (Wildman–Crippen LogP) is 3.64. The SMILES string of the molecule is Cc1noc(C)c1S(=O)(=O)N1CCc2[nH]c3ccc(C(C)C)cc3c2C1. The molecule has 0 saturated carbocycles. The summed E-state index contributed by atoms with van der Waals surface area (Å²) >= 11 is 0. The van der Waals surface area contributed by atoms with Gasteiger partial charge >= 0.3 is 0 Å². The molecule has 4 rings (SSSR count). The van der Waals surface area contributed by atoms with Crippen molar-refractivity contribution in [3.05, 3.63) is 46.5 Å². The van der Waals surface area contributed by atoms with E-state index in [1.54, 1.807) is 13.8 Å². The molecule has 1 N–H and O–H groups in total. The average Bonchev–Trinajstić information content (AvgIpc) is 3.13. The lowest BCUT2D eigenvalue weighted by molar-refractivity contribution is 0.381. The predicted molar refractivity (Wildman–Crippen MR) is 99.7 cm³/mol. The number of fused-ring (bicyclic) bond motifs is 3. The molecule has 1 aromatic carbocycles. The van der Waals surface area contributed by atoms with Gasteiger partial charge in [0, 0.05) is 36.1 Å². The number of hydrogen-bond acceptors (Lipinski definition) is 4. The summed E-state index contributed by atoms with van der Waals surface area (Å²) in [7, 11) is -3.63. The Morgan fingerprint density at radius 1 is 1.27 bits per heavy atom. The number of H-pyrrole nitrogens is 1. The molecule has 0 radical (unpaired) electrons. The van der Waals surface area contributed by atoms with Crippen molar-refractivity contribution in [3.8, 4) is 0 Å². The summed E-state index contributed by atoms with van der Waals surface area (Å²) in [5.41, 5.74) is 4.94. The van der Waals surface area contributed by atoms with Gasteiger partial charge in [-0.2, -0.15) is 4.31 Å². The van der Waals surface area contributed by atoms with Crippen LogP contribution in [0.3, 0.4) is 0 Å². The van der Waals surface area contributed by atoms with Crippen LogP contribution in [0, 0.1) is 13.8 Å². The Balaban J connectivity index is 1.78. The fourth-order valence-electron chi connectivity index (χ4n) is 3.74. The maximum absolute atomic E-state index is 13.1. The Bertz CT molecular complexity index is 1070. The second kappa shape index (κ2) is 5.96. The van der Waals surface area contributed by atoms with Gasteiger partial charge in [-0.05, 0) is 43.0 Å². The molecule has 3 aromatic rings. The van der Waals surface area contributed by atoms with Crippen LogP contribution in [0.4, 0.5) is 0 Å². The molecule has 7 heteroatoms. The smallest absolute Gasteiger partial charge is 0.248 e. The first-order valence-corrected chi connectivity index (χ1v) is 10.3. The highest BCUT2D eigenvalue weighted by Gasteiger charge is 2.34. The Hall–Kier alpha value is -2.12. The van der Waals surface area contributed by atoms with Crippen LogP contribution in [0.2, 0.25) is 0 Å². The van der Waals surface area contributed by atoms with E-state index in [0.717, 1.165) is 22.2 Å². The molecule has 0 spiro atoms. The van der Waals surface area contributed by atoms with Crippen molar-refractivity contribution in [3.63, 3.8) is 0 Å². The van der Waals surface area contributed by atoms with Crippen LogP contribution in [0.1, 0.15) is 48.0 Å². The first kappa shape index (κ1) is 17.3. The van der Waals surface area contributed by atoms with E-state index in [2.05, 4.69) is 42.2 Å². The maximum Gasteiger partial charge on any atom is 0.248 e. The van der Waals surface area contributed by atoms with Gasteiger partial charge in [-0.25, -0.2) is 8.42 Å². The molecule has 138 valence electrons. The van der Waals surface area contributed by atoms with Crippen molar-refractivity contribution in [1.82, 2.24) is 14.4 Å². The van der Waals surface area contributed by atoms with Gasteiger partial charge in [-0.15, -0.1) is 0 Å². The van der Waals surface area contributed by atoms with Gasteiger partial charge in [0.1, 0.15) is 10.6 Å². The molecule has 6 nitrogen and oxygen atoms in total. The van der Waals surface area contributed by atoms with E-state index < -0.39 is 10.0 Å². The van der Waals surface area contributed by atoms with Crippen LogP contribution < -0.4 is 0 Å². The van der Waals surface area contributed by atoms with Crippen molar-refractivity contribution >= 4 is 20.9 Å². The van der Waals surface area contributed by atoms with E-state index in [1.165, 1.54) is 9.87 Å². The third kappa shape index (κ3) is 2.57. The molecule has 0 atom stereocenters. The molecule has 0 bridgehead atoms. The number of aromatic nitrogens is 2. The Morgan fingerprint density at radius 2 is 2.04 bits per heavy atom. The van der Waals surface area contributed by atoms with Gasteiger partial charge in [0.25, 0.3) is 0 Å². The fraction of sp³-hybridized carbons (Fsp3) is 0.421. The highest BCUT2D eigenvalue weighted by Crippen LogP contribution is 2.33. The number of aromatic amines is 1. The Kier molecular flexibility index (Phi) is 3.96. The Labute approximate surface area is 153 Å². The normalized spacial score (nSPS) is 15.7. The molecule has 1 aliphatic heterocycles. The minimum Gasteiger partial charge on any atom is -0.360 e. The zero-order valence-electron chi connectivity index (χ0n) is 15.5. The van der Waals surface area contributed by atoms with Crippen LogP contribution in [-0.2, 0) is 23.0 Å². The molecule has 0 fully saturated rings. The van der Waals surface area contributed by atoms with Crippen LogP contribution >= 0.6 is 0 Å². The summed E-state index contributed by atoms with van der Waals surface area (Å²) in [5, 5.41) is 4.92. The summed E-state index contributed by atoms with van der Waals surface area (Å²) in [5.74, 6) is 0.769. The summed E-state index contributed by atoms with van der Waals surface area (Å²) < 4.78 is 32.9. The number of nitrogens with zero attached hydrogens (tertiary/aromatic N) is 2. The number of benzene rings is 1. The third-order valence-corrected chi connectivity index (χ3v) is 7.29. The molecule has 0 unspecified atom stereocenters. The third-order valence-electron chi connectivity index (χ3n) is 5.20. The second-order valence-corrected chi connectivity index (χ2v) is 9.16. The molecule has 26 heavy (non-hydrogen) atoms. The van der Waals surface area contributed by atoms with E-state index in [9.17, 15) is 8.42 Å². The van der Waals surface area contributed by atoms with Gasteiger partial charge in [0.2, 0.25) is 10.0 Å². The zero-order chi connectivity index (χ0) is 18.6. The van der Waals surface area contributed by atoms with Crippen molar-refractivity contribution in [2.75, 3.05) is 6.54 Å². The minimum absolute atomic E-state index is 0.198. The van der Waals surface area contributed by atoms with Crippen LogP contribution in [-0.4, -0.2) is 29.4 Å². The van der Waals surface area contributed by atoms with Gasteiger partial charge in [0.05, 0.1) is 0 Å².